The molecule has 2 aliphatic rings. The molecular formula is C24H29FN4O6S. The minimum Gasteiger partial charge on any atom is -0.452 e. The summed E-state index contributed by atoms with van der Waals surface area (Å²) in [5.41, 5.74) is 1.93. The summed E-state index contributed by atoms with van der Waals surface area (Å²) >= 11 is 0. The molecule has 2 heterocycles. The number of hydrogen-bond acceptors (Lipinski definition) is 8. The van der Waals surface area contributed by atoms with Gasteiger partial charge >= 0.3 is 22.5 Å². The minimum atomic E-state index is -4.09. The predicted molar refractivity (Wildman–Crippen MR) is 130 cm³/mol. The van der Waals surface area contributed by atoms with Crippen LogP contribution in [0.25, 0.3) is 0 Å². The molecule has 0 saturated carbocycles. The normalized spacial score (nSPS) is 18.1. The topological polar surface area (TPSA) is 108 Å². The SMILES string of the molecule is CCC(c1ccccc1)N1CCN(c2ccc(N3CCN(C(=O)OC)S3(=O)=O)cc2F)CC1.O=C=O. The Bertz CT molecular complexity index is 1180. The number of carbonyl (C=O) groups is 1. The van der Waals surface area contributed by atoms with Gasteiger partial charge in [0.25, 0.3) is 0 Å². The molecule has 10 nitrogen and oxygen atoms in total. The standard InChI is InChI=1S/C23H29FN4O4S.CO2/c1-3-21(18-7-5-4-6-8-18)25-11-13-26(14-12-25)22-10-9-19(17-20(22)24)27-15-16-28(23(29)32-2)33(27,30)31;2-1-3/h4-10,17,21H,3,11-16H2,1-2H3;. The number of anilines is 2. The van der Waals surface area contributed by atoms with E-state index in [4.69, 9.17) is 9.59 Å². The molecule has 1 unspecified atom stereocenters. The maximum Gasteiger partial charge on any atom is 0.424 e. The number of halogens is 1. The predicted octanol–water partition coefficient (Wildman–Crippen LogP) is 2.65. The van der Waals surface area contributed by atoms with Crippen molar-refractivity contribution < 1.29 is 31.9 Å². The molecule has 36 heavy (non-hydrogen) atoms. The van der Waals surface area contributed by atoms with Crippen molar-refractivity contribution in [2.75, 3.05) is 55.6 Å². The highest BCUT2D eigenvalue weighted by atomic mass is 32.2. The van der Waals surface area contributed by atoms with Crippen molar-refractivity contribution in [1.82, 2.24) is 9.21 Å². The molecule has 4 rings (SSSR count). The number of amides is 1. The molecule has 12 heteroatoms. The van der Waals surface area contributed by atoms with Gasteiger partial charge in [0.15, 0.2) is 0 Å². The van der Waals surface area contributed by atoms with Crippen molar-refractivity contribution in [1.29, 1.82) is 0 Å². The highest BCUT2D eigenvalue weighted by Gasteiger charge is 2.41. The molecular weight excluding hydrogens is 491 g/mol. The zero-order valence-electron chi connectivity index (χ0n) is 20.2. The molecule has 2 fully saturated rings. The average Bonchev–Trinajstić information content (AvgIpc) is 3.20. The number of hydrogen-bond donors (Lipinski definition) is 0. The van der Waals surface area contributed by atoms with Crippen molar-refractivity contribution >= 4 is 33.8 Å². The molecule has 2 saturated heterocycles. The number of nitrogens with zero attached hydrogens (tertiary/aromatic N) is 4. The largest absolute Gasteiger partial charge is 0.452 e. The molecule has 0 bridgehead atoms. The Balaban J connectivity index is 0.00000115. The Morgan fingerprint density at radius 2 is 1.67 bits per heavy atom. The van der Waals surface area contributed by atoms with Crippen molar-refractivity contribution in [3.63, 3.8) is 0 Å². The van der Waals surface area contributed by atoms with Crippen LogP contribution in [0.2, 0.25) is 0 Å². The van der Waals surface area contributed by atoms with E-state index in [-0.39, 0.29) is 24.9 Å². The number of benzene rings is 2. The van der Waals surface area contributed by atoms with Crippen molar-refractivity contribution in [2.45, 2.75) is 19.4 Å². The number of carbonyl (C=O) groups excluding carboxylic acids is 3. The second-order valence-electron chi connectivity index (χ2n) is 8.20. The van der Waals surface area contributed by atoms with Crippen LogP contribution in [0, 0.1) is 5.82 Å². The van der Waals surface area contributed by atoms with Crippen molar-refractivity contribution in [3.05, 3.63) is 59.9 Å². The van der Waals surface area contributed by atoms with E-state index in [1.54, 1.807) is 12.1 Å². The summed E-state index contributed by atoms with van der Waals surface area (Å²) in [6, 6.07) is 15.2. The Kier molecular flexibility index (Phi) is 9.03. The summed E-state index contributed by atoms with van der Waals surface area (Å²) < 4.78 is 46.6. The first-order valence-electron chi connectivity index (χ1n) is 11.5. The van der Waals surface area contributed by atoms with E-state index in [1.807, 2.05) is 11.0 Å². The maximum absolute atomic E-state index is 15.1. The lowest BCUT2D eigenvalue weighted by Crippen LogP contribution is -2.47. The van der Waals surface area contributed by atoms with Gasteiger partial charge in [-0.15, -0.1) is 0 Å². The lowest BCUT2D eigenvalue weighted by Gasteiger charge is -2.40. The third kappa shape index (κ3) is 5.67. The third-order valence-electron chi connectivity index (χ3n) is 6.33. The van der Waals surface area contributed by atoms with Gasteiger partial charge in [0.1, 0.15) is 5.82 Å². The fraction of sp³-hybridized carbons (Fsp3) is 0.417. The van der Waals surface area contributed by atoms with E-state index in [2.05, 4.69) is 40.8 Å². The quantitative estimate of drug-likeness (QED) is 0.592. The van der Waals surface area contributed by atoms with Gasteiger partial charge in [0.2, 0.25) is 0 Å². The number of methoxy groups -OCH3 is 1. The summed E-state index contributed by atoms with van der Waals surface area (Å²) in [6.07, 6.45) is 0.299. The average molecular weight is 521 g/mol. The van der Waals surface area contributed by atoms with Crippen LogP contribution in [0.3, 0.4) is 0 Å². The molecule has 1 atom stereocenters. The molecule has 1 amide bonds. The van der Waals surface area contributed by atoms with E-state index in [0.29, 0.717) is 29.1 Å². The number of piperazine rings is 1. The Morgan fingerprint density at radius 1 is 1.03 bits per heavy atom. The van der Waals surface area contributed by atoms with E-state index in [9.17, 15) is 13.2 Å². The summed E-state index contributed by atoms with van der Waals surface area (Å²) in [5.74, 6) is -0.484. The Hall–Kier alpha value is -3.47. The molecule has 0 spiro atoms. The second kappa shape index (κ2) is 12.0. The van der Waals surface area contributed by atoms with E-state index < -0.39 is 22.1 Å². The van der Waals surface area contributed by atoms with Gasteiger partial charge in [-0.1, -0.05) is 37.3 Å². The zero-order chi connectivity index (χ0) is 26.3. The molecule has 0 N–H and O–H groups in total. The molecule has 2 aliphatic heterocycles. The summed E-state index contributed by atoms with van der Waals surface area (Å²) in [7, 11) is -2.97. The second-order valence-corrected chi connectivity index (χ2v) is 9.98. The lowest BCUT2D eigenvalue weighted by molar-refractivity contribution is -0.191. The van der Waals surface area contributed by atoms with Crippen LogP contribution in [0.4, 0.5) is 20.6 Å². The maximum atomic E-state index is 15.1. The van der Waals surface area contributed by atoms with E-state index in [0.717, 1.165) is 30.9 Å². The molecule has 0 aromatic heterocycles. The molecule has 2 aromatic carbocycles. The van der Waals surface area contributed by atoms with Gasteiger partial charge in [0, 0.05) is 38.3 Å². The first-order valence-corrected chi connectivity index (χ1v) is 12.9. The van der Waals surface area contributed by atoms with Gasteiger partial charge < -0.3 is 9.64 Å². The van der Waals surface area contributed by atoms with Gasteiger partial charge in [-0.25, -0.2) is 9.18 Å². The smallest absolute Gasteiger partial charge is 0.424 e. The minimum absolute atomic E-state index is 0.0413. The highest BCUT2D eigenvalue weighted by Crippen LogP contribution is 2.32. The van der Waals surface area contributed by atoms with Crippen LogP contribution in [0.15, 0.2) is 48.5 Å². The van der Waals surface area contributed by atoms with Crippen LogP contribution in [-0.4, -0.2) is 76.2 Å². The van der Waals surface area contributed by atoms with Crippen LogP contribution < -0.4 is 9.21 Å². The zero-order valence-corrected chi connectivity index (χ0v) is 21.0. The first-order chi connectivity index (χ1) is 17.3. The fourth-order valence-corrected chi connectivity index (χ4v) is 6.15. The number of ether oxygens (including phenoxy) is 1. The van der Waals surface area contributed by atoms with Crippen LogP contribution in [0.5, 0.6) is 0 Å². The van der Waals surface area contributed by atoms with Gasteiger partial charge in [-0.05, 0) is 24.1 Å². The van der Waals surface area contributed by atoms with Crippen LogP contribution in [0.1, 0.15) is 24.9 Å². The third-order valence-corrected chi connectivity index (χ3v) is 8.17. The first kappa shape index (κ1) is 27.1. The number of rotatable bonds is 5. The summed E-state index contributed by atoms with van der Waals surface area (Å²) in [4.78, 5) is 32.4. The lowest BCUT2D eigenvalue weighted by atomic mass is 10.0. The fourth-order valence-electron chi connectivity index (χ4n) is 4.64. The van der Waals surface area contributed by atoms with Gasteiger partial charge in [-0.3, -0.25) is 9.21 Å². The van der Waals surface area contributed by atoms with Crippen LogP contribution in [-0.2, 0) is 24.5 Å². The molecule has 2 aromatic rings. The van der Waals surface area contributed by atoms with Gasteiger partial charge in [0.05, 0.1) is 31.6 Å². The Labute approximate surface area is 210 Å². The molecule has 0 radical (unpaired) electrons. The van der Waals surface area contributed by atoms with Crippen molar-refractivity contribution in [2.24, 2.45) is 0 Å². The summed E-state index contributed by atoms with van der Waals surface area (Å²) in [5, 5.41) is 0. The van der Waals surface area contributed by atoms with E-state index in [1.165, 1.54) is 11.6 Å². The van der Waals surface area contributed by atoms with Crippen LogP contribution >= 0.6 is 0 Å². The Morgan fingerprint density at radius 3 is 2.22 bits per heavy atom. The van der Waals surface area contributed by atoms with Crippen molar-refractivity contribution in [3.8, 4) is 0 Å². The summed E-state index contributed by atoms with van der Waals surface area (Å²) in [6.45, 7) is 5.16. The molecule has 194 valence electrons. The monoisotopic (exact) mass is 520 g/mol. The van der Waals surface area contributed by atoms with E-state index >= 15 is 4.39 Å². The highest BCUT2D eigenvalue weighted by molar-refractivity contribution is 7.91. The van der Waals surface area contributed by atoms with Gasteiger partial charge in [-0.2, -0.15) is 22.3 Å². The molecule has 0 aliphatic carbocycles.